The van der Waals surface area contributed by atoms with Gasteiger partial charge in [0.2, 0.25) is 5.91 Å². The Morgan fingerprint density at radius 3 is 2.61 bits per heavy atom. The highest BCUT2D eigenvalue weighted by Gasteiger charge is 2.19. The minimum Gasteiger partial charge on any atom is -0.337 e. The number of carbonyl (C=O) groups is 2. The van der Waals surface area contributed by atoms with Crippen LogP contribution in [0, 0.1) is 6.92 Å². The lowest BCUT2D eigenvalue weighted by atomic mass is 10.1. The van der Waals surface area contributed by atoms with Crippen molar-refractivity contribution in [2.45, 2.75) is 6.92 Å². The van der Waals surface area contributed by atoms with Crippen molar-refractivity contribution in [3.63, 3.8) is 0 Å². The molecule has 2 heterocycles. The second-order valence-corrected chi connectivity index (χ2v) is 8.54. The molecule has 2 aromatic carbocycles. The summed E-state index contributed by atoms with van der Waals surface area (Å²) in [5, 5.41) is 7.21. The van der Waals surface area contributed by atoms with Gasteiger partial charge in [-0.3, -0.25) is 9.59 Å². The van der Waals surface area contributed by atoms with E-state index in [2.05, 4.69) is 10.4 Å². The molecule has 0 bridgehead atoms. The van der Waals surface area contributed by atoms with E-state index in [0.717, 1.165) is 41.4 Å². The molecular formula is C24H24N4O2S. The topological polar surface area (TPSA) is 67.2 Å². The van der Waals surface area contributed by atoms with E-state index in [1.165, 1.54) is 6.08 Å². The number of aromatic nitrogens is 2. The number of para-hydroxylation sites is 1. The van der Waals surface area contributed by atoms with Gasteiger partial charge in [-0.25, -0.2) is 4.68 Å². The highest BCUT2D eigenvalue weighted by atomic mass is 32.2. The number of nitrogens with zero attached hydrogens (tertiary/aromatic N) is 3. The van der Waals surface area contributed by atoms with E-state index in [0.29, 0.717) is 11.3 Å². The zero-order valence-electron chi connectivity index (χ0n) is 17.3. The minimum atomic E-state index is -0.234. The highest BCUT2D eigenvalue weighted by molar-refractivity contribution is 7.99. The van der Waals surface area contributed by atoms with Crippen molar-refractivity contribution in [1.82, 2.24) is 14.7 Å². The molecule has 1 fully saturated rings. The van der Waals surface area contributed by atoms with Crippen molar-refractivity contribution >= 4 is 35.3 Å². The predicted octanol–water partition coefficient (Wildman–Crippen LogP) is 4.02. The Labute approximate surface area is 185 Å². The van der Waals surface area contributed by atoms with Gasteiger partial charge in [0, 0.05) is 53.7 Å². The molecule has 0 radical (unpaired) electrons. The van der Waals surface area contributed by atoms with Gasteiger partial charge in [-0.2, -0.15) is 16.9 Å². The molecule has 7 heteroatoms. The van der Waals surface area contributed by atoms with Gasteiger partial charge in [0.05, 0.1) is 11.9 Å². The quantitative estimate of drug-likeness (QED) is 0.619. The molecule has 6 nitrogen and oxygen atoms in total. The monoisotopic (exact) mass is 432 g/mol. The zero-order chi connectivity index (χ0) is 21.6. The smallest absolute Gasteiger partial charge is 0.253 e. The minimum absolute atomic E-state index is 0.0524. The summed E-state index contributed by atoms with van der Waals surface area (Å²) in [5.41, 5.74) is 4.00. The Bertz CT molecular complexity index is 1100. The lowest BCUT2D eigenvalue weighted by molar-refractivity contribution is -0.111. The molecule has 1 N–H and O–H groups in total. The molecule has 1 aliphatic rings. The normalized spacial score (nSPS) is 14.0. The van der Waals surface area contributed by atoms with Crippen molar-refractivity contribution in [3.05, 3.63) is 83.7 Å². The molecule has 4 rings (SSSR count). The summed E-state index contributed by atoms with van der Waals surface area (Å²) in [6.07, 6.45) is 6.78. The third-order valence-electron chi connectivity index (χ3n) is 5.08. The number of benzene rings is 2. The number of hydrogen-bond donors (Lipinski definition) is 1. The van der Waals surface area contributed by atoms with E-state index in [-0.39, 0.29) is 11.8 Å². The van der Waals surface area contributed by atoms with Crippen LogP contribution in [0.4, 0.5) is 5.69 Å². The van der Waals surface area contributed by atoms with E-state index in [1.54, 1.807) is 29.1 Å². The summed E-state index contributed by atoms with van der Waals surface area (Å²) in [7, 11) is 0. The van der Waals surface area contributed by atoms with E-state index >= 15 is 0 Å². The lowest BCUT2D eigenvalue weighted by Crippen LogP contribution is -2.37. The van der Waals surface area contributed by atoms with Gasteiger partial charge in [-0.15, -0.1) is 0 Å². The number of amides is 2. The Hall–Kier alpha value is -3.32. The first-order chi connectivity index (χ1) is 15.1. The van der Waals surface area contributed by atoms with Gasteiger partial charge < -0.3 is 10.2 Å². The van der Waals surface area contributed by atoms with E-state index < -0.39 is 0 Å². The Balaban J connectivity index is 1.38. The maximum Gasteiger partial charge on any atom is 0.253 e. The van der Waals surface area contributed by atoms with Gasteiger partial charge in [-0.1, -0.05) is 18.2 Å². The second kappa shape index (κ2) is 9.66. The summed E-state index contributed by atoms with van der Waals surface area (Å²) >= 11 is 1.87. The van der Waals surface area contributed by atoms with Gasteiger partial charge in [0.1, 0.15) is 0 Å². The lowest BCUT2D eigenvalue weighted by Gasteiger charge is -2.26. The maximum absolute atomic E-state index is 12.7. The fourth-order valence-corrected chi connectivity index (χ4v) is 4.28. The first-order valence-corrected chi connectivity index (χ1v) is 11.3. The van der Waals surface area contributed by atoms with Crippen LogP contribution in [0.3, 0.4) is 0 Å². The van der Waals surface area contributed by atoms with E-state index in [1.807, 2.05) is 66.2 Å². The summed E-state index contributed by atoms with van der Waals surface area (Å²) in [6.45, 7) is 3.46. The predicted molar refractivity (Wildman–Crippen MR) is 126 cm³/mol. The summed E-state index contributed by atoms with van der Waals surface area (Å²) < 4.78 is 1.76. The second-order valence-electron chi connectivity index (χ2n) is 7.31. The number of anilines is 1. The van der Waals surface area contributed by atoms with Crippen LogP contribution in [0.25, 0.3) is 11.8 Å². The molecule has 1 aromatic heterocycles. The number of rotatable bonds is 5. The number of nitrogens with one attached hydrogen (secondary N) is 1. The fraction of sp³-hybridized carbons (Fsp3) is 0.208. The van der Waals surface area contributed by atoms with Crippen LogP contribution in [0.1, 0.15) is 21.5 Å². The van der Waals surface area contributed by atoms with E-state index in [4.69, 9.17) is 0 Å². The van der Waals surface area contributed by atoms with Crippen molar-refractivity contribution in [3.8, 4) is 5.69 Å². The number of hydrogen-bond acceptors (Lipinski definition) is 4. The van der Waals surface area contributed by atoms with Crippen LogP contribution in [0.2, 0.25) is 0 Å². The molecule has 3 aromatic rings. The van der Waals surface area contributed by atoms with Crippen LogP contribution in [0.5, 0.6) is 0 Å². The number of aryl methyl sites for hydroxylation is 1. The molecule has 158 valence electrons. The third kappa shape index (κ3) is 5.24. The van der Waals surface area contributed by atoms with Crippen LogP contribution in [-0.4, -0.2) is 51.1 Å². The third-order valence-corrected chi connectivity index (χ3v) is 6.02. The molecule has 0 saturated carbocycles. The fourth-order valence-electron chi connectivity index (χ4n) is 3.38. The van der Waals surface area contributed by atoms with Gasteiger partial charge >= 0.3 is 0 Å². The van der Waals surface area contributed by atoms with Gasteiger partial charge in [0.15, 0.2) is 0 Å². The van der Waals surface area contributed by atoms with Crippen molar-refractivity contribution < 1.29 is 9.59 Å². The van der Waals surface area contributed by atoms with Crippen molar-refractivity contribution in [2.24, 2.45) is 0 Å². The average Bonchev–Trinajstić information content (AvgIpc) is 3.29. The molecule has 1 saturated heterocycles. The molecule has 0 spiro atoms. The molecule has 31 heavy (non-hydrogen) atoms. The summed E-state index contributed by atoms with van der Waals surface area (Å²) in [6, 6.07) is 15.2. The Kier molecular flexibility index (Phi) is 6.52. The van der Waals surface area contributed by atoms with Gasteiger partial charge in [0.25, 0.3) is 5.91 Å². The van der Waals surface area contributed by atoms with Crippen molar-refractivity contribution in [2.75, 3.05) is 29.9 Å². The summed E-state index contributed by atoms with van der Waals surface area (Å²) in [5.74, 6) is 1.78. The number of carbonyl (C=O) groups excluding carboxylic acids is 2. The number of thioether (sulfide) groups is 1. The first kappa shape index (κ1) is 20.9. The SMILES string of the molecule is Cc1cc(C(=O)N2CCSCC2)ccc1NC(=O)/C=C/c1cnn(-c2ccccc2)c1. The van der Waals surface area contributed by atoms with Gasteiger partial charge in [-0.05, 0) is 48.9 Å². The van der Waals surface area contributed by atoms with Crippen LogP contribution in [0.15, 0.2) is 67.0 Å². The van der Waals surface area contributed by atoms with Crippen molar-refractivity contribution in [1.29, 1.82) is 0 Å². The first-order valence-electron chi connectivity index (χ1n) is 10.2. The molecule has 0 unspecified atom stereocenters. The summed E-state index contributed by atoms with van der Waals surface area (Å²) in [4.78, 5) is 26.9. The van der Waals surface area contributed by atoms with E-state index in [9.17, 15) is 9.59 Å². The Morgan fingerprint density at radius 1 is 1.10 bits per heavy atom. The largest absolute Gasteiger partial charge is 0.337 e. The standard InChI is InChI=1S/C24H24N4O2S/c1-18-15-20(24(30)27-11-13-31-14-12-27)8-9-22(18)26-23(29)10-7-19-16-25-28(17-19)21-5-3-2-4-6-21/h2-10,15-17H,11-14H2,1H3,(H,26,29)/b10-7+. The van der Waals surface area contributed by atoms with Crippen LogP contribution in [-0.2, 0) is 4.79 Å². The average molecular weight is 433 g/mol. The molecular weight excluding hydrogens is 408 g/mol. The highest BCUT2D eigenvalue weighted by Crippen LogP contribution is 2.19. The molecule has 1 aliphatic heterocycles. The Morgan fingerprint density at radius 2 is 1.87 bits per heavy atom. The maximum atomic E-state index is 12.7. The van der Waals surface area contributed by atoms with Crippen LogP contribution < -0.4 is 5.32 Å². The molecule has 2 amide bonds. The molecule has 0 atom stereocenters. The zero-order valence-corrected chi connectivity index (χ0v) is 18.1. The van der Waals surface area contributed by atoms with Crippen LogP contribution >= 0.6 is 11.8 Å². The molecule has 0 aliphatic carbocycles.